The minimum absolute atomic E-state index is 0.137. The van der Waals surface area contributed by atoms with Gasteiger partial charge in [0.15, 0.2) is 0 Å². The zero-order chi connectivity index (χ0) is 35.6. The number of allylic oxidation sites excluding steroid dienone is 1. The Kier molecular flexibility index (Phi) is 12.0. The lowest BCUT2D eigenvalue weighted by Crippen LogP contribution is -2.62. The van der Waals surface area contributed by atoms with Gasteiger partial charge in [-0.1, -0.05) is 78.7 Å². The van der Waals surface area contributed by atoms with Gasteiger partial charge in [-0.15, -0.1) is 13.2 Å². The summed E-state index contributed by atoms with van der Waals surface area (Å²) >= 11 is 3.73. The van der Waals surface area contributed by atoms with Crippen molar-refractivity contribution in [3.63, 3.8) is 0 Å². The average molecular weight is 731 g/mol. The largest absolute Gasteiger partial charge is 0.455 e. The minimum atomic E-state index is -1.32. The van der Waals surface area contributed by atoms with E-state index < -0.39 is 65.2 Å². The van der Waals surface area contributed by atoms with Crippen molar-refractivity contribution in [3.05, 3.63) is 61.2 Å². The number of carbonyl (C=O) groups is 4. The van der Waals surface area contributed by atoms with E-state index in [0.29, 0.717) is 24.8 Å². The Labute approximate surface area is 293 Å². The lowest BCUT2D eigenvalue weighted by molar-refractivity contribution is -0.163. The molecule has 3 saturated heterocycles. The van der Waals surface area contributed by atoms with Crippen molar-refractivity contribution in [1.29, 1.82) is 0 Å². The number of halogens is 1. The number of likely N-dealkylation sites (tertiary alicyclic amines) is 1. The molecule has 0 aromatic heterocycles. The third-order valence-corrected chi connectivity index (χ3v) is 11.1. The van der Waals surface area contributed by atoms with Crippen LogP contribution >= 0.6 is 15.9 Å². The second kappa shape index (κ2) is 15.3. The summed E-state index contributed by atoms with van der Waals surface area (Å²) in [7, 11) is 0. The number of aliphatic hydroxyl groups is 1. The van der Waals surface area contributed by atoms with Gasteiger partial charge in [-0.2, -0.15) is 0 Å². The second-order valence-electron chi connectivity index (χ2n) is 14.4. The molecule has 48 heavy (non-hydrogen) atoms. The fraction of sp³-hybridized carbons (Fsp3) is 0.622. The maximum atomic E-state index is 14.8. The molecule has 1 aromatic rings. The number of hydrogen-bond acceptors (Lipinski definition) is 7. The van der Waals surface area contributed by atoms with Crippen molar-refractivity contribution >= 4 is 39.6 Å². The first-order valence-electron chi connectivity index (χ1n) is 17.0. The maximum absolute atomic E-state index is 14.8. The van der Waals surface area contributed by atoms with Crippen LogP contribution in [0.2, 0.25) is 0 Å². The number of benzene rings is 1. The first-order valence-corrected chi connectivity index (χ1v) is 17.9. The number of hydrogen-bond donors (Lipinski definition) is 2. The van der Waals surface area contributed by atoms with E-state index in [0.717, 1.165) is 0 Å². The van der Waals surface area contributed by atoms with Gasteiger partial charge in [0.25, 0.3) is 0 Å². The van der Waals surface area contributed by atoms with Gasteiger partial charge >= 0.3 is 5.97 Å². The fourth-order valence-corrected chi connectivity index (χ4v) is 8.64. The van der Waals surface area contributed by atoms with E-state index in [9.17, 15) is 24.3 Å². The van der Waals surface area contributed by atoms with Gasteiger partial charge in [0.2, 0.25) is 17.7 Å². The molecule has 2 N–H and O–H groups in total. The smallest absolute Gasteiger partial charge is 0.313 e. The monoisotopic (exact) mass is 729 g/mol. The van der Waals surface area contributed by atoms with Crippen LogP contribution in [0.5, 0.6) is 0 Å². The molecular formula is C37H52BrN3O7. The Hall–Kier alpha value is -3.02. The molecule has 1 aromatic carbocycles. The third-order valence-electron chi connectivity index (χ3n) is 10.3. The molecule has 3 heterocycles. The molecule has 2 bridgehead atoms. The zero-order valence-corrected chi connectivity index (χ0v) is 30.6. The first-order chi connectivity index (χ1) is 22.7. The number of carbonyl (C=O) groups excluding carboxylic acids is 4. The first kappa shape index (κ1) is 37.8. The van der Waals surface area contributed by atoms with E-state index in [1.807, 2.05) is 65.0 Å². The number of rotatable bonds is 15. The molecule has 10 nitrogen and oxygen atoms in total. The van der Waals surface area contributed by atoms with Gasteiger partial charge < -0.3 is 29.7 Å². The van der Waals surface area contributed by atoms with Gasteiger partial charge in [-0.25, -0.2) is 0 Å². The molecule has 0 aliphatic carbocycles. The van der Waals surface area contributed by atoms with Crippen LogP contribution in [-0.2, 0) is 28.7 Å². The number of nitrogens with one attached hydrogen (secondary N) is 1. The molecule has 264 valence electrons. The number of aliphatic hydroxyl groups excluding tert-OH is 1. The second-order valence-corrected chi connectivity index (χ2v) is 15.6. The highest BCUT2D eigenvalue weighted by Gasteiger charge is 2.78. The molecule has 10 atom stereocenters. The summed E-state index contributed by atoms with van der Waals surface area (Å²) in [5.74, 6) is -3.71. The highest BCUT2D eigenvalue weighted by atomic mass is 79.9. The Balaban J connectivity index is 1.77. The minimum Gasteiger partial charge on any atom is -0.455 e. The van der Waals surface area contributed by atoms with Crippen molar-refractivity contribution in [3.8, 4) is 0 Å². The van der Waals surface area contributed by atoms with Crippen molar-refractivity contribution in [2.75, 3.05) is 13.2 Å². The van der Waals surface area contributed by atoms with Gasteiger partial charge in [-0.05, 0) is 52.0 Å². The Bertz CT molecular complexity index is 1370. The number of nitrogens with zero attached hydrogens (tertiary/aromatic N) is 2. The summed E-state index contributed by atoms with van der Waals surface area (Å²) in [5, 5.41) is 13.6. The Morgan fingerprint density at radius 1 is 1.21 bits per heavy atom. The maximum Gasteiger partial charge on any atom is 0.313 e. The van der Waals surface area contributed by atoms with Gasteiger partial charge in [0, 0.05) is 23.3 Å². The molecule has 3 aliphatic rings. The van der Waals surface area contributed by atoms with Crippen LogP contribution in [0.15, 0.2) is 55.6 Å². The summed E-state index contributed by atoms with van der Waals surface area (Å²) in [6, 6.07) is 6.83. The SMILES string of the molecule is C=CCCC(=O)N[C@@H](C)[C@H](OC(=O)[C@@H]1[C@H]2O[C@@]3(CC2Br)[C@H](C(=O)N(CC=C)C(C)(C)C)N([C@@H](CO)[C@@H](C)CC)C(=O)[C@@H]13)c1ccccc1. The predicted molar refractivity (Wildman–Crippen MR) is 187 cm³/mol. The summed E-state index contributed by atoms with van der Waals surface area (Å²) in [4.78, 5) is 59.5. The lowest BCUT2D eigenvalue weighted by atomic mass is 9.70. The van der Waals surface area contributed by atoms with Gasteiger partial charge in [-0.3, -0.25) is 19.2 Å². The molecule has 1 unspecified atom stereocenters. The Morgan fingerprint density at radius 3 is 2.44 bits per heavy atom. The summed E-state index contributed by atoms with van der Waals surface area (Å²) in [6.45, 7) is 18.9. The van der Waals surface area contributed by atoms with E-state index >= 15 is 0 Å². The quantitative estimate of drug-likeness (QED) is 0.152. The summed E-state index contributed by atoms with van der Waals surface area (Å²) in [5.41, 5.74) is -1.25. The van der Waals surface area contributed by atoms with Crippen molar-refractivity contribution < 1.29 is 33.8 Å². The molecule has 1 spiro atoms. The third kappa shape index (κ3) is 7.01. The highest BCUT2D eigenvalue weighted by molar-refractivity contribution is 9.09. The van der Waals surface area contributed by atoms with Crippen LogP contribution in [0.1, 0.15) is 78.9 Å². The molecule has 0 radical (unpaired) electrons. The van der Waals surface area contributed by atoms with Crippen LogP contribution < -0.4 is 5.32 Å². The summed E-state index contributed by atoms with van der Waals surface area (Å²) < 4.78 is 13.0. The number of esters is 1. The number of amides is 3. The molecule has 3 aliphatic heterocycles. The zero-order valence-electron chi connectivity index (χ0n) is 29.1. The lowest BCUT2D eigenvalue weighted by Gasteiger charge is -2.44. The molecule has 0 saturated carbocycles. The molecule has 11 heteroatoms. The molecule has 3 amide bonds. The van der Waals surface area contributed by atoms with E-state index in [-0.39, 0.29) is 42.1 Å². The van der Waals surface area contributed by atoms with E-state index in [2.05, 4.69) is 34.4 Å². The van der Waals surface area contributed by atoms with Crippen LogP contribution in [0.25, 0.3) is 0 Å². The average Bonchev–Trinajstić information content (AvgIpc) is 3.64. The molecular weight excluding hydrogens is 678 g/mol. The fourth-order valence-electron chi connectivity index (χ4n) is 7.70. The van der Waals surface area contributed by atoms with Gasteiger partial charge in [0.1, 0.15) is 17.7 Å². The van der Waals surface area contributed by atoms with Gasteiger partial charge in [0.05, 0.1) is 36.6 Å². The standard InChI is InChI=1S/C37H52BrN3O7/c1-9-12-18-27(43)39-23(5)30(24-16-14-13-15-17-24)47-35(46)28-29-33(44)41(26(21-42)22(4)11-3)32(37(29)20-25(38)31(28)48-37)34(45)40(19-10-2)36(6,7)8/h9-10,13-17,22-23,25-26,28-32,42H,1-2,11-12,18-21H2,3-8H3,(H,39,43)/t22-,23-,25?,26-,28-,29+,30-,31-,32-,37+/m0/s1. The van der Waals surface area contributed by atoms with E-state index in [1.54, 1.807) is 24.0 Å². The highest BCUT2D eigenvalue weighted by Crippen LogP contribution is 2.61. The van der Waals surface area contributed by atoms with E-state index in [4.69, 9.17) is 9.47 Å². The number of alkyl halides is 1. The number of ether oxygens (including phenoxy) is 2. The van der Waals surface area contributed by atoms with Crippen LogP contribution in [0.4, 0.5) is 0 Å². The predicted octanol–water partition coefficient (Wildman–Crippen LogP) is 4.71. The summed E-state index contributed by atoms with van der Waals surface area (Å²) in [6.07, 6.45) is 3.49. The Morgan fingerprint density at radius 2 is 1.88 bits per heavy atom. The van der Waals surface area contributed by atoms with Crippen LogP contribution in [-0.4, -0.2) is 91.9 Å². The van der Waals surface area contributed by atoms with Crippen molar-refractivity contribution in [1.82, 2.24) is 15.1 Å². The van der Waals surface area contributed by atoms with Crippen molar-refractivity contribution in [2.24, 2.45) is 17.8 Å². The van der Waals surface area contributed by atoms with Crippen LogP contribution in [0, 0.1) is 17.8 Å². The number of fused-ring (bicyclic) bond motifs is 1. The topological polar surface area (TPSA) is 125 Å². The molecule has 3 fully saturated rings. The van der Waals surface area contributed by atoms with Crippen molar-refractivity contribution in [2.45, 2.75) is 114 Å². The molecule has 4 rings (SSSR count). The normalized spacial score (nSPS) is 28.6. The van der Waals surface area contributed by atoms with Crippen LogP contribution in [0.3, 0.4) is 0 Å². The van der Waals surface area contributed by atoms with E-state index in [1.165, 1.54) is 4.90 Å².